The number of aliphatic carboxylic acids is 1. The molecule has 0 aliphatic heterocycles. The number of aliphatic hydroxyl groups excluding tert-OH is 1. The minimum atomic E-state index is -1.23. The minimum Gasteiger partial charge on any atom is -0.480 e. The van der Waals surface area contributed by atoms with Gasteiger partial charge in [0.2, 0.25) is 5.91 Å². The molecule has 0 saturated heterocycles. The van der Waals surface area contributed by atoms with E-state index in [1.54, 1.807) is 0 Å². The summed E-state index contributed by atoms with van der Waals surface area (Å²) in [5.74, 6) is -1.42. The second kappa shape index (κ2) is 5.97. The predicted molar refractivity (Wildman–Crippen MR) is 58.9 cm³/mol. The third-order valence-electron chi connectivity index (χ3n) is 1.45. The lowest BCUT2D eigenvalue weighted by Crippen LogP contribution is -2.44. The van der Waals surface area contributed by atoms with Crippen LogP contribution in [0.4, 0.5) is 0 Å². The highest BCUT2D eigenvalue weighted by Crippen LogP contribution is 2.22. The van der Waals surface area contributed by atoms with Gasteiger partial charge in [-0.15, -0.1) is 11.8 Å². The van der Waals surface area contributed by atoms with Crippen molar-refractivity contribution in [1.29, 1.82) is 0 Å². The Kier molecular flexibility index (Phi) is 5.67. The molecule has 0 spiro atoms. The number of aliphatic hydroxyl groups is 1. The van der Waals surface area contributed by atoms with Gasteiger partial charge in [0.25, 0.3) is 0 Å². The Hall–Kier alpha value is -0.750. The highest BCUT2D eigenvalue weighted by Gasteiger charge is 2.20. The Bertz CT molecular complexity index is 237. The van der Waals surface area contributed by atoms with Crippen LogP contribution in [0.5, 0.6) is 0 Å². The number of carbonyl (C=O) groups is 2. The third-order valence-corrected chi connectivity index (χ3v) is 2.72. The average molecular weight is 235 g/mol. The van der Waals surface area contributed by atoms with Gasteiger partial charge in [0.15, 0.2) is 0 Å². The second-order valence-corrected chi connectivity index (χ2v) is 5.84. The van der Waals surface area contributed by atoms with E-state index in [1.165, 1.54) is 11.8 Å². The van der Waals surface area contributed by atoms with Crippen LogP contribution in [-0.2, 0) is 9.59 Å². The number of rotatable bonds is 5. The summed E-state index contributed by atoms with van der Waals surface area (Å²) in [7, 11) is 0. The number of hydrogen-bond donors (Lipinski definition) is 3. The molecule has 0 aromatic rings. The Morgan fingerprint density at radius 3 is 2.27 bits per heavy atom. The van der Waals surface area contributed by atoms with E-state index in [0.717, 1.165) is 0 Å². The summed E-state index contributed by atoms with van der Waals surface area (Å²) in [5.41, 5.74) is 0. The Labute approximate surface area is 93.2 Å². The summed E-state index contributed by atoms with van der Waals surface area (Å²) >= 11 is 1.42. The first-order valence-electron chi connectivity index (χ1n) is 4.53. The van der Waals surface area contributed by atoms with E-state index in [1.807, 2.05) is 20.8 Å². The molecule has 0 aromatic carbocycles. The first-order valence-corrected chi connectivity index (χ1v) is 5.52. The number of hydrogen-bond acceptors (Lipinski definition) is 4. The van der Waals surface area contributed by atoms with Gasteiger partial charge in [-0.2, -0.15) is 0 Å². The fourth-order valence-corrected chi connectivity index (χ4v) is 1.35. The minimum absolute atomic E-state index is 0.0464. The molecular formula is C9H17NO4S. The van der Waals surface area contributed by atoms with Crippen LogP contribution < -0.4 is 5.32 Å². The maximum absolute atomic E-state index is 11.3. The van der Waals surface area contributed by atoms with E-state index < -0.39 is 18.6 Å². The zero-order valence-corrected chi connectivity index (χ0v) is 9.93. The zero-order chi connectivity index (χ0) is 12.1. The fraction of sp³-hybridized carbons (Fsp3) is 0.778. The SMILES string of the molecule is CC(C)(C)SCC(=O)NC(CO)C(=O)O. The van der Waals surface area contributed by atoms with Crippen LogP contribution in [0.25, 0.3) is 0 Å². The molecule has 0 heterocycles. The van der Waals surface area contributed by atoms with Gasteiger partial charge >= 0.3 is 5.97 Å². The first kappa shape index (κ1) is 14.2. The number of amides is 1. The normalized spacial score (nSPS) is 13.3. The predicted octanol–water partition coefficient (Wildman–Crippen LogP) is 0.0798. The number of carbonyl (C=O) groups excluding carboxylic acids is 1. The summed E-state index contributed by atoms with van der Waals surface area (Å²) in [6.45, 7) is 5.30. The van der Waals surface area contributed by atoms with Gasteiger partial charge < -0.3 is 15.5 Å². The van der Waals surface area contributed by atoms with Crippen molar-refractivity contribution in [3.05, 3.63) is 0 Å². The smallest absolute Gasteiger partial charge is 0.328 e. The molecule has 0 bridgehead atoms. The van der Waals surface area contributed by atoms with Crippen LogP contribution in [0.1, 0.15) is 20.8 Å². The highest BCUT2D eigenvalue weighted by atomic mass is 32.2. The molecule has 0 fully saturated rings. The molecule has 5 nitrogen and oxygen atoms in total. The van der Waals surface area contributed by atoms with Crippen LogP contribution in [0.3, 0.4) is 0 Å². The number of nitrogens with one attached hydrogen (secondary N) is 1. The Morgan fingerprint density at radius 2 is 1.93 bits per heavy atom. The second-order valence-electron chi connectivity index (χ2n) is 4.04. The van der Waals surface area contributed by atoms with Crippen LogP contribution in [-0.4, -0.2) is 45.2 Å². The van der Waals surface area contributed by atoms with E-state index in [9.17, 15) is 9.59 Å². The van der Waals surface area contributed by atoms with Gasteiger partial charge in [0, 0.05) is 4.75 Å². The molecule has 0 aromatic heterocycles. The summed E-state index contributed by atoms with van der Waals surface area (Å²) in [4.78, 5) is 21.7. The molecule has 1 atom stereocenters. The molecule has 0 saturated carbocycles. The van der Waals surface area contributed by atoms with E-state index in [4.69, 9.17) is 10.2 Å². The summed E-state index contributed by atoms with van der Waals surface area (Å²) in [6, 6.07) is -1.21. The van der Waals surface area contributed by atoms with E-state index in [2.05, 4.69) is 5.32 Å². The van der Waals surface area contributed by atoms with Crippen LogP contribution >= 0.6 is 11.8 Å². The summed E-state index contributed by atoms with van der Waals surface area (Å²) in [6.07, 6.45) is 0. The van der Waals surface area contributed by atoms with Crippen molar-refractivity contribution < 1.29 is 19.8 Å². The van der Waals surface area contributed by atoms with Crippen LogP contribution in [0.15, 0.2) is 0 Å². The standard InChI is InChI=1S/C9H17NO4S/c1-9(2,3)15-5-7(12)10-6(4-11)8(13)14/h6,11H,4-5H2,1-3H3,(H,10,12)(H,13,14). The van der Waals surface area contributed by atoms with Crippen molar-refractivity contribution in [2.45, 2.75) is 31.6 Å². The van der Waals surface area contributed by atoms with Gasteiger partial charge in [-0.05, 0) is 0 Å². The van der Waals surface area contributed by atoms with Crippen molar-refractivity contribution in [2.75, 3.05) is 12.4 Å². The largest absolute Gasteiger partial charge is 0.480 e. The van der Waals surface area contributed by atoms with Crippen molar-refractivity contribution in [2.24, 2.45) is 0 Å². The van der Waals surface area contributed by atoms with Crippen molar-refractivity contribution in [3.63, 3.8) is 0 Å². The molecule has 3 N–H and O–H groups in total. The molecule has 0 aliphatic carbocycles. The lowest BCUT2D eigenvalue weighted by Gasteiger charge is -2.18. The number of thioether (sulfide) groups is 1. The Balaban J connectivity index is 3.98. The lowest BCUT2D eigenvalue weighted by molar-refractivity contribution is -0.142. The fourth-order valence-electron chi connectivity index (χ4n) is 0.704. The summed E-state index contributed by atoms with van der Waals surface area (Å²) in [5, 5.41) is 19.5. The molecule has 88 valence electrons. The molecule has 0 aliphatic rings. The molecule has 0 radical (unpaired) electrons. The topological polar surface area (TPSA) is 86.6 Å². The van der Waals surface area contributed by atoms with Gasteiger partial charge in [-0.3, -0.25) is 4.79 Å². The van der Waals surface area contributed by atoms with Crippen LogP contribution in [0, 0.1) is 0 Å². The van der Waals surface area contributed by atoms with Crippen LogP contribution in [0.2, 0.25) is 0 Å². The molecule has 1 amide bonds. The zero-order valence-electron chi connectivity index (χ0n) is 9.11. The van der Waals surface area contributed by atoms with E-state index >= 15 is 0 Å². The van der Waals surface area contributed by atoms with E-state index in [0.29, 0.717) is 0 Å². The van der Waals surface area contributed by atoms with Gasteiger partial charge in [0.1, 0.15) is 6.04 Å². The highest BCUT2D eigenvalue weighted by molar-refractivity contribution is 8.01. The van der Waals surface area contributed by atoms with E-state index in [-0.39, 0.29) is 16.4 Å². The molecule has 0 rings (SSSR count). The number of carboxylic acids is 1. The van der Waals surface area contributed by atoms with Gasteiger partial charge in [0.05, 0.1) is 12.4 Å². The lowest BCUT2D eigenvalue weighted by atomic mass is 10.3. The van der Waals surface area contributed by atoms with Crippen molar-refractivity contribution in [3.8, 4) is 0 Å². The van der Waals surface area contributed by atoms with Crippen molar-refractivity contribution >= 4 is 23.6 Å². The third kappa shape index (κ3) is 7.21. The maximum atomic E-state index is 11.3. The summed E-state index contributed by atoms with van der Waals surface area (Å²) < 4.78 is -0.0464. The number of carboxylic acid groups (broad SMARTS) is 1. The van der Waals surface area contributed by atoms with Gasteiger partial charge in [-0.25, -0.2) is 4.79 Å². The average Bonchev–Trinajstić information content (AvgIpc) is 2.09. The molecule has 6 heteroatoms. The van der Waals surface area contributed by atoms with Crippen molar-refractivity contribution in [1.82, 2.24) is 5.32 Å². The quantitative estimate of drug-likeness (QED) is 0.628. The molecular weight excluding hydrogens is 218 g/mol. The first-order chi connectivity index (χ1) is 6.76. The maximum Gasteiger partial charge on any atom is 0.328 e. The Morgan fingerprint density at radius 1 is 1.40 bits per heavy atom. The molecule has 1 unspecified atom stereocenters. The molecule has 15 heavy (non-hydrogen) atoms. The van der Waals surface area contributed by atoms with Gasteiger partial charge in [-0.1, -0.05) is 20.8 Å². The monoisotopic (exact) mass is 235 g/mol.